The Hall–Kier alpha value is -2.74. The molecule has 1 N–H and O–H groups in total. The van der Waals surface area contributed by atoms with Gasteiger partial charge in [-0.2, -0.15) is 0 Å². The number of rotatable bonds is 5. The highest BCUT2D eigenvalue weighted by atomic mass is 35.5. The maximum atomic E-state index is 11.0. The number of nitrogens with one attached hydrogen (secondary N) is 1. The molecule has 114 valence electrons. The van der Waals surface area contributed by atoms with E-state index in [9.17, 15) is 14.9 Å². The molecule has 0 unspecified atom stereocenters. The van der Waals surface area contributed by atoms with E-state index in [0.717, 1.165) is 11.9 Å². The molecule has 0 radical (unpaired) electrons. The van der Waals surface area contributed by atoms with Gasteiger partial charge in [-0.05, 0) is 17.7 Å². The number of benzene rings is 1. The molecule has 1 aromatic heterocycles. The number of carbonyl (C=O) groups is 1. The van der Waals surface area contributed by atoms with Gasteiger partial charge >= 0.3 is 11.7 Å². The van der Waals surface area contributed by atoms with Gasteiger partial charge in [0.15, 0.2) is 0 Å². The molecule has 2 rings (SSSR count). The number of nitro groups is 1. The second-order valence-corrected chi connectivity index (χ2v) is 4.58. The zero-order chi connectivity index (χ0) is 16.1. The molecule has 0 spiro atoms. The van der Waals surface area contributed by atoms with Crippen molar-refractivity contribution in [2.45, 2.75) is 13.5 Å². The number of aromatic nitrogens is 2. The maximum absolute atomic E-state index is 11.0. The summed E-state index contributed by atoms with van der Waals surface area (Å²) in [6.45, 7) is 1.49. The standard InChI is InChI=1S/C13H11ClN4O4/c1-8(19)22-6-9-2-4-10(5-3-9)17-13-11(18(20)21)12(14)15-7-16-13/h2-5,7H,6H2,1H3,(H,15,16,17). The van der Waals surface area contributed by atoms with Crippen LogP contribution in [0.5, 0.6) is 0 Å². The lowest BCUT2D eigenvalue weighted by Gasteiger charge is -2.07. The van der Waals surface area contributed by atoms with Crippen LogP contribution in [0.25, 0.3) is 0 Å². The van der Waals surface area contributed by atoms with Crippen molar-refractivity contribution in [2.24, 2.45) is 0 Å². The van der Waals surface area contributed by atoms with E-state index in [4.69, 9.17) is 16.3 Å². The minimum Gasteiger partial charge on any atom is -0.461 e. The molecule has 1 heterocycles. The number of nitrogens with zero attached hydrogens (tertiary/aromatic N) is 3. The highest BCUT2D eigenvalue weighted by molar-refractivity contribution is 6.31. The molecule has 0 atom stereocenters. The molecule has 0 saturated carbocycles. The van der Waals surface area contributed by atoms with Crippen molar-refractivity contribution in [3.63, 3.8) is 0 Å². The Kier molecular flexibility index (Phi) is 4.84. The van der Waals surface area contributed by atoms with Crippen molar-refractivity contribution in [3.05, 3.63) is 51.4 Å². The first-order valence-corrected chi connectivity index (χ1v) is 6.49. The van der Waals surface area contributed by atoms with Crippen molar-refractivity contribution in [2.75, 3.05) is 5.32 Å². The molecule has 0 saturated heterocycles. The van der Waals surface area contributed by atoms with E-state index in [1.54, 1.807) is 24.3 Å². The molecule has 0 aliphatic rings. The van der Waals surface area contributed by atoms with Crippen molar-refractivity contribution in [3.8, 4) is 0 Å². The van der Waals surface area contributed by atoms with Gasteiger partial charge in [0.25, 0.3) is 0 Å². The fraction of sp³-hybridized carbons (Fsp3) is 0.154. The van der Waals surface area contributed by atoms with E-state index in [1.807, 2.05) is 0 Å². The largest absolute Gasteiger partial charge is 0.461 e. The topological polar surface area (TPSA) is 107 Å². The summed E-state index contributed by atoms with van der Waals surface area (Å²) in [5, 5.41) is 13.5. The van der Waals surface area contributed by atoms with Crippen molar-refractivity contribution < 1.29 is 14.5 Å². The fourth-order valence-electron chi connectivity index (χ4n) is 1.62. The molecule has 0 aliphatic heterocycles. The Bertz CT molecular complexity index is 706. The molecule has 8 nitrogen and oxygen atoms in total. The Morgan fingerprint density at radius 1 is 1.36 bits per heavy atom. The van der Waals surface area contributed by atoms with E-state index in [2.05, 4.69) is 15.3 Å². The molecule has 0 fully saturated rings. The van der Waals surface area contributed by atoms with Gasteiger partial charge in [0.1, 0.15) is 12.9 Å². The second-order valence-electron chi connectivity index (χ2n) is 4.22. The Morgan fingerprint density at radius 2 is 2.05 bits per heavy atom. The van der Waals surface area contributed by atoms with Gasteiger partial charge in [0.05, 0.1) is 4.92 Å². The Labute approximate surface area is 130 Å². The second kappa shape index (κ2) is 6.81. The van der Waals surface area contributed by atoms with Gasteiger partial charge in [0, 0.05) is 12.6 Å². The molecule has 1 aromatic carbocycles. The minimum absolute atomic E-state index is 0.00210. The summed E-state index contributed by atoms with van der Waals surface area (Å²) in [4.78, 5) is 28.5. The van der Waals surface area contributed by atoms with E-state index >= 15 is 0 Å². The average Bonchev–Trinajstić information content (AvgIpc) is 2.46. The number of anilines is 2. The van der Waals surface area contributed by atoms with Crippen LogP contribution in [0.3, 0.4) is 0 Å². The first-order chi connectivity index (χ1) is 10.5. The third kappa shape index (κ3) is 3.89. The molecule has 9 heteroatoms. The third-order valence-corrected chi connectivity index (χ3v) is 2.90. The summed E-state index contributed by atoms with van der Waals surface area (Å²) in [7, 11) is 0. The van der Waals surface area contributed by atoms with Crippen LogP contribution in [0.1, 0.15) is 12.5 Å². The van der Waals surface area contributed by atoms with Gasteiger partial charge in [-0.25, -0.2) is 9.97 Å². The summed E-state index contributed by atoms with van der Waals surface area (Å²) in [6, 6.07) is 6.80. The molecule has 0 amide bonds. The normalized spacial score (nSPS) is 10.1. The van der Waals surface area contributed by atoms with Crippen LogP contribution in [-0.4, -0.2) is 20.9 Å². The van der Waals surface area contributed by atoms with E-state index in [-0.39, 0.29) is 23.5 Å². The predicted octanol–water partition coefficient (Wildman–Crippen LogP) is 2.84. The van der Waals surface area contributed by atoms with Crippen LogP contribution >= 0.6 is 11.6 Å². The molecule has 0 bridgehead atoms. The van der Waals surface area contributed by atoms with Gasteiger partial charge in [-0.3, -0.25) is 14.9 Å². The molecule has 0 aliphatic carbocycles. The highest BCUT2D eigenvalue weighted by Gasteiger charge is 2.21. The summed E-state index contributed by atoms with van der Waals surface area (Å²) < 4.78 is 4.87. The van der Waals surface area contributed by atoms with Crippen molar-refractivity contribution in [1.82, 2.24) is 9.97 Å². The summed E-state index contributed by atoms with van der Waals surface area (Å²) in [5.74, 6) is -0.369. The summed E-state index contributed by atoms with van der Waals surface area (Å²) >= 11 is 5.71. The lowest BCUT2D eigenvalue weighted by atomic mass is 10.2. The monoisotopic (exact) mass is 322 g/mol. The fourth-order valence-corrected chi connectivity index (χ4v) is 1.82. The van der Waals surface area contributed by atoms with Gasteiger partial charge < -0.3 is 10.1 Å². The van der Waals surface area contributed by atoms with Crippen LogP contribution in [0.15, 0.2) is 30.6 Å². The zero-order valence-electron chi connectivity index (χ0n) is 11.4. The van der Waals surface area contributed by atoms with Gasteiger partial charge in [0.2, 0.25) is 11.0 Å². The molecule has 22 heavy (non-hydrogen) atoms. The van der Waals surface area contributed by atoms with Crippen LogP contribution in [0.2, 0.25) is 5.15 Å². The number of hydrogen-bond acceptors (Lipinski definition) is 7. The summed E-state index contributed by atoms with van der Waals surface area (Å²) in [5.41, 5.74) is 0.966. The van der Waals surface area contributed by atoms with E-state index in [0.29, 0.717) is 5.69 Å². The molecular weight excluding hydrogens is 312 g/mol. The Balaban J connectivity index is 2.16. The average molecular weight is 323 g/mol. The number of ether oxygens (including phenoxy) is 1. The lowest BCUT2D eigenvalue weighted by molar-refractivity contribution is -0.384. The van der Waals surface area contributed by atoms with Crippen LogP contribution in [-0.2, 0) is 16.1 Å². The van der Waals surface area contributed by atoms with Crippen LogP contribution in [0, 0.1) is 10.1 Å². The van der Waals surface area contributed by atoms with Crippen LogP contribution in [0.4, 0.5) is 17.2 Å². The predicted molar refractivity (Wildman–Crippen MR) is 78.9 cm³/mol. The quantitative estimate of drug-likeness (QED) is 0.390. The highest BCUT2D eigenvalue weighted by Crippen LogP contribution is 2.30. The van der Waals surface area contributed by atoms with Crippen LogP contribution < -0.4 is 5.32 Å². The zero-order valence-corrected chi connectivity index (χ0v) is 12.2. The van der Waals surface area contributed by atoms with E-state index < -0.39 is 10.6 Å². The maximum Gasteiger partial charge on any atom is 0.348 e. The number of carbonyl (C=O) groups excluding carboxylic acids is 1. The lowest BCUT2D eigenvalue weighted by Crippen LogP contribution is -2.02. The van der Waals surface area contributed by atoms with Crippen molar-refractivity contribution >= 4 is 34.8 Å². The molecular formula is C13H11ClN4O4. The number of halogens is 1. The van der Waals surface area contributed by atoms with Gasteiger partial charge in [-0.15, -0.1) is 0 Å². The molecule has 2 aromatic rings. The number of esters is 1. The smallest absolute Gasteiger partial charge is 0.348 e. The first-order valence-electron chi connectivity index (χ1n) is 6.11. The number of hydrogen-bond donors (Lipinski definition) is 1. The van der Waals surface area contributed by atoms with Crippen molar-refractivity contribution in [1.29, 1.82) is 0 Å². The third-order valence-electron chi connectivity index (χ3n) is 2.62. The SMILES string of the molecule is CC(=O)OCc1ccc(Nc2ncnc(Cl)c2[N+](=O)[O-])cc1. The van der Waals surface area contributed by atoms with Gasteiger partial charge in [-0.1, -0.05) is 23.7 Å². The Morgan fingerprint density at radius 3 is 2.64 bits per heavy atom. The first kappa shape index (κ1) is 15.6. The van der Waals surface area contributed by atoms with E-state index in [1.165, 1.54) is 6.92 Å². The minimum atomic E-state index is -0.653. The summed E-state index contributed by atoms with van der Waals surface area (Å²) in [6.07, 6.45) is 1.13.